The van der Waals surface area contributed by atoms with Crippen LogP contribution in [0, 0.1) is 13.8 Å². The second kappa shape index (κ2) is 4.37. The Kier molecular flexibility index (Phi) is 2.71. The van der Waals surface area contributed by atoms with Crippen molar-refractivity contribution < 1.29 is 0 Å². The van der Waals surface area contributed by atoms with Crippen LogP contribution in [0.3, 0.4) is 0 Å². The molecule has 0 bridgehead atoms. The molecule has 0 saturated carbocycles. The predicted octanol–water partition coefficient (Wildman–Crippen LogP) is 3.88. The van der Waals surface area contributed by atoms with Gasteiger partial charge in [-0.15, -0.1) is 0 Å². The van der Waals surface area contributed by atoms with Crippen LogP contribution in [0.4, 0.5) is 11.4 Å². The SMILES string of the molecule is Cc1cc2c(cc1C)NC(c1ccccc1)CN2. The summed E-state index contributed by atoms with van der Waals surface area (Å²) in [5.74, 6) is 0. The minimum atomic E-state index is 0.348. The lowest BCUT2D eigenvalue weighted by atomic mass is 10.0. The molecule has 18 heavy (non-hydrogen) atoms. The molecule has 1 aliphatic rings. The fourth-order valence-corrected chi connectivity index (χ4v) is 2.42. The third-order valence-corrected chi connectivity index (χ3v) is 3.66. The van der Waals surface area contributed by atoms with Gasteiger partial charge < -0.3 is 10.6 Å². The van der Waals surface area contributed by atoms with Crippen LogP contribution in [-0.4, -0.2) is 6.54 Å². The number of hydrogen-bond acceptors (Lipinski definition) is 2. The number of fused-ring (bicyclic) bond motifs is 1. The largest absolute Gasteiger partial charge is 0.381 e. The Balaban J connectivity index is 1.92. The second-order valence-electron chi connectivity index (χ2n) is 4.97. The molecule has 1 heterocycles. The molecule has 3 rings (SSSR count). The van der Waals surface area contributed by atoms with Gasteiger partial charge in [0.1, 0.15) is 0 Å². The summed E-state index contributed by atoms with van der Waals surface area (Å²) >= 11 is 0. The van der Waals surface area contributed by atoms with Gasteiger partial charge in [-0.25, -0.2) is 0 Å². The van der Waals surface area contributed by atoms with E-state index in [-0.39, 0.29) is 0 Å². The van der Waals surface area contributed by atoms with E-state index in [0.29, 0.717) is 6.04 Å². The summed E-state index contributed by atoms with van der Waals surface area (Å²) in [6.07, 6.45) is 0. The van der Waals surface area contributed by atoms with Gasteiger partial charge >= 0.3 is 0 Å². The second-order valence-corrected chi connectivity index (χ2v) is 4.97. The smallest absolute Gasteiger partial charge is 0.0687 e. The van der Waals surface area contributed by atoms with Crippen molar-refractivity contribution in [1.29, 1.82) is 0 Å². The van der Waals surface area contributed by atoms with Gasteiger partial charge in [0.05, 0.1) is 17.4 Å². The normalized spacial score (nSPS) is 17.6. The van der Waals surface area contributed by atoms with E-state index in [0.717, 1.165) is 6.54 Å². The molecule has 0 aromatic heterocycles. The van der Waals surface area contributed by atoms with Crippen LogP contribution in [-0.2, 0) is 0 Å². The van der Waals surface area contributed by atoms with Crippen LogP contribution < -0.4 is 10.6 Å². The summed E-state index contributed by atoms with van der Waals surface area (Å²) in [5.41, 5.74) is 6.41. The molecule has 0 amide bonds. The molecule has 1 unspecified atom stereocenters. The maximum atomic E-state index is 3.62. The summed E-state index contributed by atoms with van der Waals surface area (Å²) in [7, 11) is 0. The zero-order valence-electron chi connectivity index (χ0n) is 10.8. The number of rotatable bonds is 1. The number of hydrogen-bond donors (Lipinski definition) is 2. The van der Waals surface area contributed by atoms with Gasteiger partial charge in [-0.3, -0.25) is 0 Å². The third kappa shape index (κ3) is 1.94. The molecule has 2 heteroatoms. The summed E-state index contributed by atoms with van der Waals surface area (Å²) in [6.45, 7) is 5.24. The average Bonchev–Trinajstić information content (AvgIpc) is 2.41. The van der Waals surface area contributed by atoms with E-state index < -0.39 is 0 Å². The predicted molar refractivity (Wildman–Crippen MR) is 77.2 cm³/mol. The lowest BCUT2D eigenvalue weighted by molar-refractivity contribution is 0.803. The number of nitrogens with one attached hydrogen (secondary N) is 2. The zero-order valence-corrected chi connectivity index (χ0v) is 10.8. The molecule has 0 aliphatic carbocycles. The van der Waals surface area contributed by atoms with Gasteiger partial charge in [0.25, 0.3) is 0 Å². The van der Waals surface area contributed by atoms with Gasteiger partial charge in [-0.1, -0.05) is 30.3 Å². The quantitative estimate of drug-likeness (QED) is 0.787. The minimum absolute atomic E-state index is 0.348. The Hall–Kier alpha value is -1.96. The van der Waals surface area contributed by atoms with Crippen molar-refractivity contribution in [1.82, 2.24) is 0 Å². The fourth-order valence-electron chi connectivity index (χ4n) is 2.42. The molecule has 92 valence electrons. The van der Waals surface area contributed by atoms with Crippen molar-refractivity contribution in [3.8, 4) is 0 Å². The number of benzene rings is 2. The summed E-state index contributed by atoms with van der Waals surface area (Å²) in [6, 6.07) is 15.4. The Bertz CT molecular complexity index is 561. The van der Waals surface area contributed by atoms with Gasteiger partial charge in [0, 0.05) is 6.54 Å². The van der Waals surface area contributed by atoms with Crippen molar-refractivity contribution in [2.45, 2.75) is 19.9 Å². The lowest BCUT2D eigenvalue weighted by Crippen LogP contribution is -2.25. The molecular formula is C16H18N2. The fraction of sp³-hybridized carbons (Fsp3) is 0.250. The minimum Gasteiger partial charge on any atom is -0.381 e. The van der Waals surface area contributed by atoms with E-state index >= 15 is 0 Å². The summed E-state index contributed by atoms with van der Waals surface area (Å²) < 4.78 is 0. The zero-order chi connectivity index (χ0) is 12.5. The first-order chi connectivity index (χ1) is 8.74. The standard InChI is InChI=1S/C16H18N2/c1-11-8-14-15(9-12(11)2)18-16(10-17-14)13-6-4-3-5-7-13/h3-9,16-18H,10H2,1-2H3. The molecule has 1 atom stereocenters. The highest BCUT2D eigenvalue weighted by molar-refractivity contribution is 5.73. The Morgan fingerprint density at radius 2 is 1.61 bits per heavy atom. The molecule has 2 aromatic carbocycles. The number of aryl methyl sites for hydroxylation is 2. The highest BCUT2D eigenvalue weighted by atomic mass is 15.1. The Morgan fingerprint density at radius 1 is 0.944 bits per heavy atom. The maximum absolute atomic E-state index is 3.62. The average molecular weight is 238 g/mol. The molecule has 0 saturated heterocycles. The van der Waals surface area contributed by atoms with E-state index in [1.807, 2.05) is 0 Å². The molecule has 0 radical (unpaired) electrons. The van der Waals surface area contributed by atoms with E-state index in [1.165, 1.54) is 28.1 Å². The van der Waals surface area contributed by atoms with Gasteiger partial charge in [-0.05, 0) is 42.7 Å². The van der Waals surface area contributed by atoms with Crippen molar-refractivity contribution in [3.63, 3.8) is 0 Å². The van der Waals surface area contributed by atoms with Crippen LogP contribution in [0.25, 0.3) is 0 Å². The molecule has 0 fully saturated rings. The van der Waals surface area contributed by atoms with Crippen LogP contribution in [0.1, 0.15) is 22.7 Å². The first-order valence-corrected chi connectivity index (χ1v) is 6.40. The topological polar surface area (TPSA) is 24.1 Å². The van der Waals surface area contributed by atoms with E-state index in [1.54, 1.807) is 0 Å². The molecule has 0 spiro atoms. The third-order valence-electron chi connectivity index (χ3n) is 3.66. The molecule has 2 N–H and O–H groups in total. The van der Waals surface area contributed by atoms with Crippen LogP contribution in [0.2, 0.25) is 0 Å². The van der Waals surface area contributed by atoms with Crippen LogP contribution >= 0.6 is 0 Å². The summed E-state index contributed by atoms with van der Waals surface area (Å²) in [5, 5.41) is 7.14. The van der Waals surface area contributed by atoms with Crippen LogP contribution in [0.15, 0.2) is 42.5 Å². The van der Waals surface area contributed by atoms with E-state index in [9.17, 15) is 0 Å². The summed E-state index contributed by atoms with van der Waals surface area (Å²) in [4.78, 5) is 0. The van der Waals surface area contributed by atoms with Crippen LogP contribution in [0.5, 0.6) is 0 Å². The number of anilines is 2. The molecule has 1 aliphatic heterocycles. The van der Waals surface area contributed by atoms with Gasteiger partial charge in [0.15, 0.2) is 0 Å². The Morgan fingerprint density at radius 3 is 2.33 bits per heavy atom. The van der Waals surface area contributed by atoms with E-state index in [4.69, 9.17) is 0 Å². The maximum Gasteiger partial charge on any atom is 0.0687 e. The van der Waals surface area contributed by atoms with Crippen molar-refractivity contribution in [2.75, 3.05) is 17.2 Å². The first kappa shape index (κ1) is 11.1. The van der Waals surface area contributed by atoms with Crippen molar-refractivity contribution in [3.05, 3.63) is 59.2 Å². The Labute approximate surface area is 108 Å². The monoisotopic (exact) mass is 238 g/mol. The van der Waals surface area contributed by atoms with E-state index in [2.05, 4.69) is 66.9 Å². The van der Waals surface area contributed by atoms with Gasteiger partial charge in [-0.2, -0.15) is 0 Å². The molecular weight excluding hydrogens is 220 g/mol. The van der Waals surface area contributed by atoms with Gasteiger partial charge in [0.2, 0.25) is 0 Å². The van der Waals surface area contributed by atoms with Crippen molar-refractivity contribution >= 4 is 11.4 Å². The highest BCUT2D eigenvalue weighted by Crippen LogP contribution is 2.33. The molecule has 2 aromatic rings. The lowest BCUT2D eigenvalue weighted by Gasteiger charge is -2.29. The highest BCUT2D eigenvalue weighted by Gasteiger charge is 2.18. The molecule has 2 nitrogen and oxygen atoms in total. The van der Waals surface area contributed by atoms with Crippen molar-refractivity contribution in [2.24, 2.45) is 0 Å². The first-order valence-electron chi connectivity index (χ1n) is 6.40.